The van der Waals surface area contributed by atoms with Crippen molar-refractivity contribution >= 4 is 11.9 Å². The minimum atomic E-state index is -1.25. The van der Waals surface area contributed by atoms with Gasteiger partial charge in [-0.3, -0.25) is 4.79 Å². The number of hydrogen-bond acceptors (Lipinski definition) is 4. The molecule has 1 aromatic carbocycles. The number of methoxy groups -OCH3 is 1. The maximum absolute atomic E-state index is 12.8. The van der Waals surface area contributed by atoms with Gasteiger partial charge in [-0.05, 0) is 43.5 Å². The smallest absolute Gasteiger partial charge is 0.346 e. The van der Waals surface area contributed by atoms with E-state index in [0.717, 1.165) is 19.3 Å². The van der Waals surface area contributed by atoms with E-state index < -0.39 is 23.5 Å². The maximum Gasteiger partial charge on any atom is 0.346 e. The summed E-state index contributed by atoms with van der Waals surface area (Å²) in [6.07, 6.45) is 1.62. The molecule has 0 aliphatic heterocycles. The predicted molar refractivity (Wildman–Crippen MR) is 79.7 cm³/mol. The van der Waals surface area contributed by atoms with E-state index in [1.165, 1.54) is 24.3 Å². The van der Waals surface area contributed by atoms with Crippen LogP contribution in [0.3, 0.4) is 0 Å². The lowest BCUT2D eigenvalue weighted by molar-refractivity contribution is -0.145. The third kappa shape index (κ3) is 4.66. The van der Waals surface area contributed by atoms with Crippen LogP contribution in [0.2, 0.25) is 0 Å². The highest BCUT2D eigenvalue weighted by Crippen LogP contribution is 2.37. The van der Waals surface area contributed by atoms with Gasteiger partial charge >= 0.3 is 5.97 Å². The van der Waals surface area contributed by atoms with Gasteiger partial charge in [-0.25, -0.2) is 9.18 Å². The van der Waals surface area contributed by atoms with Crippen molar-refractivity contribution in [2.45, 2.75) is 37.4 Å². The molecule has 0 radical (unpaired) electrons. The maximum atomic E-state index is 12.8. The average molecular weight is 325 g/mol. The van der Waals surface area contributed by atoms with Crippen LogP contribution in [0, 0.1) is 5.82 Å². The van der Waals surface area contributed by atoms with Crippen molar-refractivity contribution in [3.63, 3.8) is 0 Å². The second kappa shape index (κ2) is 7.41. The standard InChI is InChI=1S/C16H20FNO5/c1-22-16(7-2-8-16)9-14(19)18-10-13(15(20)21)23-12-5-3-11(17)4-6-12/h3-6,13H,2,7-10H2,1H3,(H,18,19)(H,20,21). The second-order valence-corrected chi connectivity index (χ2v) is 5.62. The van der Waals surface area contributed by atoms with Gasteiger partial charge < -0.3 is 19.9 Å². The van der Waals surface area contributed by atoms with Gasteiger partial charge in [0.15, 0.2) is 0 Å². The summed E-state index contributed by atoms with van der Waals surface area (Å²) in [4.78, 5) is 23.2. The molecule has 1 amide bonds. The van der Waals surface area contributed by atoms with E-state index in [-0.39, 0.29) is 24.6 Å². The molecular formula is C16H20FNO5. The highest BCUT2D eigenvalue weighted by molar-refractivity contribution is 5.79. The molecule has 2 N–H and O–H groups in total. The molecule has 23 heavy (non-hydrogen) atoms. The van der Waals surface area contributed by atoms with E-state index in [1.54, 1.807) is 7.11 Å². The van der Waals surface area contributed by atoms with Gasteiger partial charge in [0.1, 0.15) is 11.6 Å². The first-order valence-electron chi connectivity index (χ1n) is 7.41. The van der Waals surface area contributed by atoms with E-state index in [9.17, 15) is 14.0 Å². The summed E-state index contributed by atoms with van der Waals surface area (Å²) in [6.45, 7) is -0.175. The van der Waals surface area contributed by atoms with Crippen LogP contribution in [0.25, 0.3) is 0 Å². The molecule has 6 nitrogen and oxygen atoms in total. The lowest BCUT2D eigenvalue weighted by Crippen LogP contribution is -2.46. The predicted octanol–water partition coefficient (Wildman–Crippen LogP) is 1.73. The van der Waals surface area contributed by atoms with Crippen molar-refractivity contribution < 1.29 is 28.6 Å². The van der Waals surface area contributed by atoms with Crippen molar-refractivity contribution in [3.05, 3.63) is 30.1 Å². The third-order valence-electron chi connectivity index (χ3n) is 4.03. The van der Waals surface area contributed by atoms with Gasteiger partial charge in [-0.2, -0.15) is 0 Å². The van der Waals surface area contributed by atoms with Crippen LogP contribution < -0.4 is 10.1 Å². The number of amides is 1. The van der Waals surface area contributed by atoms with Crippen LogP contribution in [0.15, 0.2) is 24.3 Å². The van der Waals surface area contributed by atoms with Crippen LogP contribution in [0.5, 0.6) is 5.75 Å². The highest BCUT2D eigenvalue weighted by Gasteiger charge is 2.39. The number of ether oxygens (including phenoxy) is 2. The van der Waals surface area contributed by atoms with Crippen LogP contribution >= 0.6 is 0 Å². The molecule has 126 valence electrons. The number of carboxylic acids is 1. The molecule has 1 aliphatic rings. The van der Waals surface area contributed by atoms with E-state index in [2.05, 4.69) is 5.32 Å². The third-order valence-corrected chi connectivity index (χ3v) is 4.03. The summed E-state index contributed by atoms with van der Waals surface area (Å²) in [7, 11) is 1.57. The number of aliphatic carboxylic acids is 1. The Morgan fingerprint density at radius 3 is 2.48 bits per heavy atom. The van der Waals surface area contributed by atoms with E-state index in [4.69, 9.17) is 14.6 Å². The van der Waals surface area contributed by atoms with Crippen LogP contribution in [0.4, 0.5) is 4.39 Å². The Kier molecular flexibility index (Phi) is 5.54. The zero-order chi connectivity index (χ0) is 16.9. The molecule has 0 spiro atoms. The number of rotatable bonds is 8. The molecule has 1 unspecified atom stereocenters. The van der Waals surface area contributed by atoms with Gasteiger partial charge in [-0.1, -0.05) is 0 Å². The first-order valence-corrected chi connectivity index (χ1v) is 7.41. The summed E-state index contributed by atoms with van der Waals surface area (Å²) in [5.74, 6) is -1.71. The van der Waals surface area contributed by atoms with E-state index >= 15 is 0 Å². The lowest BCUT2D eigenvalue weighted by atomic mass is 9.77. The van der Waals surface area contributed by atoms with Gasteiger partial charge in [0.25, 0.3) is 0 Å². The Balaban J connectivity index is 1.85. The Morgan fingerprint density at radius 1 is 1.35 bits per heavy atom. The minimum absolute atomic E-state index is 0.175. The first-order chi connectivity index (χ1) is 10.9. The Hall–Kier alpha value is -2.15. The number of hydrogen-bond donors (Lipinski definition) is 2. The first kappa shape index (κ1) is 17.2. The quantitative estimate of drug-likeness (QED) is 0.760. The molecule has 1 fully saturated rings. The van der Waals surface area contributed by atoms with Crippen LogP contribution in [-0.4, -0.2) is 42.3 Å². The zero-order valence-electron chi connectivity index (χ0n) is 12.9. The molecule has 2 rings (SSSR count). The minimum Gasteiger partial charge on any atom is -0.478 e. The molecular weight excluding hydrogens is 305 g/mol. The molecule has 1 aromatic rings. The number of carbonyl (C=O) groups excluding carboxylic acids is 1. The van der Waals surface area contributed by atoms with Crippen molar-refractivity contribution in [1.29, 1.82) is 0 Å². The molecule has 1 atom stereocenters. The Morgan fingerprint density at radius 2 is 2.00 bits per heavy atom. The van der Waals surface area contributed by atoms with Crippen LogP contribution in [0.1, 0.15) is 25.7 Å². The molecule has 0 saturated heterocycles. The number of benzene rings is 1. The Labute approximate surface area is 133 Å². The number of halogens is 1. The number of nitrogens with one attached hydrogen (secondary N) is 1. The van der Waals surface area contributed by atoms with Gasteiger partial charge in [0, 0.05) is 7.11 Å². The fraction of sp³-hybridized carbons (Fsp3) is 0.500. The summed E-state index contributed by atoms with van der Waals surface area (Å²) in [5, 5.41) is 11.7. The average Bonchev–Trinajstić information content (AvgIpc) is 2.49. The number of carbonyl (C=O) groups is 2. The van der Waals surface area contributed by atoms with E-state index in [0.29, 0.717) is 0 Å². The summed E-state index contributed by atoms with van der Waals surface area (Å²) in [5.41, 5.74) is -0.416. The van der Waals surface area contributed by atoms with Gasteiger partial charge in [-0.15, -0.1) is 0 Å². The normalized spacial score (nSPS) is 17.0. The molecule has 7 heteroatoms. The largest absolute Gasteiger partial charge is 0.478 e. The van der Waals surface area contributed by atoms with Gasteiger partial charge in [0.05, 0.1) is 18.6 Å². The fourth-order valence-electron chi connectivity index (χ4n) is 2.44. The SMILES string of the molecule is COC1(CC(=O)NCC(Oc2ccc(F)cc2)C(=O)O)CCC1. The summed E-state index contributed by atoms with van der Waals surface area (Å²) >= 11 is 0. The Bertz CT molecular complexity index is 551. The molecule has 1 aliphatic carbocycles. The van der Waals surface area contributed by atoms with Crippen molar-refractivity contribution in [1.82, 2.24) is 5.32 Å². The summed E-state index contributed by atoms with van der Waals surface area (Å²) in [6, 6.07) is 5.01. The highest BCUT2D eigenvalue weighted by atomic mass is 19.1. The molecule has 0 heterocycles. The lowest BCUT2D eigenvalue weighted by Gasteiger charge is -2.39. The second-order valence-electron chi connectivity index (χ2n) is 5.62. The van der Waals surface area contributed by atoms with Crippen molar-refractivity contribution in [2.24, 2.45) is 0 Å². The molecule has 0 bridgehead atoms. The van der Waals surface area contributed by atoms with Crippen molar-refractivity contribution in [3.8, 4) is 5.75 Å². The van der Waals surface area contributed by atoms with Crippen LogP contribution in [-0.2, 0) is 14.3 Å². The summed E-state index contributed by atoms with van der Waals surface area (Å²) < 4.78 is 23.5. The monoisotopic (exact) mass is 325 g/mol. The van der Waals surface area contributed by atoms with Gasteiger partial charge in [0.2, 0.25) is 12.0 Å². The topological polar surface area (TPSA) is 84.9 Å². The molecule has 0 aromatic heterocycles. The van der Waals surface area contributed by atoms with Crippen molar-refractivity contribution in [2.75, 3.05) is 13.7 Å². The fourth-order valence-corrected chi connectivity index (χ4v) is 2.44. The number of carboxylic acid groups (broad SMARTS) is 1. The molecule has 1 saturated carbocycles. The van der Waals surface area contributed by atoms with E-state index in [1.807, 2.05) is 0 Å². The zero-order valence-corrected chi connectivity index (χ0v) is 12.9.